The van der Waals surface area contributed by atoms with Gasteiger partial charge in [0.15, 0.2) is 6.23 Å². The Bertz CT molecular complexity index is 434. The molecule has 3 rings (SSSR count). The van der Waals surface area contributed by atoms with Crippen molar-refractivity contribution in [2.24, 2.45) is 0 Å². The number of aliphatic hydroxyl groups is 1. The Morgan fingerprint density at radius 3 is 2.88 bits per heavy atom. The highest BCUT2D eigenvalue weighted by Gasteiger charge is 2.54. The summed E-state index contributed by atoms with van der Waals surface area (Å²) in [7, 11) is 0. The Morgan fingerprint density at radius 1 is 1.41 bits per heavy atom. The van der Waals surface area contributed by atoms with Crippen molar-refractivity contribution >= 4 is 5.91 Å². The predicted octanol–water partition coefficient (Wildman–Crippen LogP) is 1.07. The van der Waals surface area contributed by atoms with E-state index < -0.39 is 5.54 Å². The third kappa shape index (κ3) is 1.48. The van der Waals surface area contributed by atoms with Gasteiger partial charge >= 0.3 is 0 Å². The van der Waals surface area contributed by atoms with Gasteiger partial charge in [-0.05, 0) is 6.42 Å². The normalized spacial score (nSPS) is 31.9. The fraction of sp³-hybridized carbons (Fsp3) is 0.462. The molecule has 0 saturated carbocycles. The van der Waals surface area contributed by atoms with E-state index in [1.165, 1.54) is 0 Å². The maximum Gasteiger partial charge on any atom is 0.225 e. The second-order valence-electron chi connectivity index (χ2n) is 4.72. The van der Waals surface area contributed by atoms with Crippen molar-refractivity contribution in [1.29, 1.82) is 0 Å². The van der Waals surface area contributed by atoms with E-state index in [0.717, 1.165) is 5.56 Å². The number of carbonyl (C=O) groups excluding carboxylic acids is 1. The minimum absolute atomic E-state index is 0.0257. The van der Waals surface area contributed by atoms with Crippen LogP contribution in [0.5, 0.6) is 0 Å². The summed E-state index contributed by atoms with van der Waals surface area (Å²) < 4.78 is 5.72. The number of ether oxygens (including phenoxy) is 1. The van der Waals surface area contributed by atoms with Gasteiger partial charge in [-0.25, -0.2) is 0 Å². The van der Waals surface area contributed by atoms with E-state index in [-0.39, 0.29) is 18.7 Å². The van der Waals surface area contributed by atoms with Gasteiger partial charge in [0, 0.05) is 12.0 Å². The fourth-order valence-corrected chi connectivity index (χ4v) is 2.74. The first-order chi connectivity index (χ1) is 8.27. The minimum Gasteiger partial charge on any atom is -0.394 e. The number of fused-ring (bicyclic) bond motifs is 1. The lowest BCUT2D eigenvalue weighted by Gasteiger charge is -2.30. The summed E-state index contributed by atoms with van der Waals surface area (Å²) in [5.41, 5.74) is 0.482. The number of hydrogen-bond acceptors (Lipinski definition) is 3. The molecule has 0 bridgehead atoms. The number of carbonyl (C=O) groups is 1. The van der Waals surface area contributed by atoms with Crippen LogP contribution >= 0.6 is 0 Å². The van der Waals surface area contributed by atoms with Crippen LogP contribution < -0.4 is 0 Å². The van der Waals surface area contributed by atoms with Crippen molar-refractivity contribution in [2.45, 2.75) is 24.6 Å². The first-order valence-electron chi connectivity index (χ1n) is 5.86. The lowest BCUT2D eigenvalue weighted by Crippen LogP contribution is -2.46. The maximum absolute atomic E-state index is 11.9. The lowest BCUT2D eigenvalue weighted by atomic mass is 9.99. The smallest absolute Gasteiger partial charge is 0.225 e. The number of benzene rings is 1. The maximum atomic E-state index is 11.9. The molecule has 2 fully saturated rings. The quantitative estimate of drug-likeness (QED) is 0.831. The van der Waals surface area contributed by atoms with E-state index in [0.29, 0.717) is 19.4 Å². The summed E-state index contributed by atoms with van der Waals surface area (Å²) in [6.45, 7) is 0.400. The molecule has 2 aliphatic rings. The Morgan fingerprint density at radius 2 is 2.18 bits per heavy atom. The van der Waals surface area contributed by atoms with Crippen molar-refractivity contribution in [1.82, 2.24) is 4.90 Å². The number of nitrogens with zero attached hydrogens (tertiary/aromatic N) is 1. The van der Waals surface area contributed by atoms with Crippen LogP contribution in [0.15, 0.2) is 30.3 Å². The van der Waals surface area contributed by atoms with Crippen molar-refractivity contribution in [3.63, 3.8) is 0 Å². The molecule has 0 aromatic heterocycles. The van der Waals surface area contributed by atoms with Crippen molar-refractivity contribution in [3.05, 3.63) is 35.9 Å². The zero-order valence-electron chi connectivity index (χ0n) is 9.50. The minimum atomic E-state index is -0.489. The van der Waals surface area contributed by atoms with Crippen LogP contribution in [0.25, 0.3) is 0 Å². The molecular formula is C13H15NO3. The molecule has 0 aliphatic carbocycles. The van der Waals surface area contributed by atoms with Gasteiger partial charge in [-0.2, -0.15) is 0 Å². The highest BCUT2D eigenvalue weighted by molar-refractivity contribution is 5.80. The predicted molar refractivity (Wildman–Crippen MR) is 61.0 cm³/mol. The van der Waals surface area contributed by atoms with Gasteiger partial charge in [-0.15, -0.1) is 0 Å². The van der Waals surface area contributed by atoms with E-state index in [2.05, 4.69) is 0 Å². The van der Waals surface area contributed by atoms with E-state index in [9.17, 15) is 9.90 Å². The van der Waals surface area contributed by atoms with Gasteiger partial charge < -0.3 is 14.7 Å². The molecule has 4 heteroatoms. The van der Waals surface area contributed by atoms with Crippen LogP contribution in [0.4, 0.5) is 0 Å². The monoisotopic (exact) mass is 233 g/mol. The first-order valence-corrected chi connectivity index (χ1v) is 5.86. The largest absolute Gasteiger partial charge is 0.394 e. The van der Waals surface area contributed by atoms with E-state index >= 15 is 0 Å². The van der Waals surface area contributed by atoms with E-state index in [1.54, 1.807) is 4.90 Å². The van der Waals surface area contributed by atoms with Crippen molar-refractivity contribution in [2.75, 3.05) is 13.2 Å². The Kier molecular flexibility index (Phi) is 2.42. The molecule has 0 radical (unpaired) electrons. The fourth-order valence-electron chi connectivity index (χ4n) is 2.74. The van der Waals surface area contributed by atoms with Crippen molar-refractivity contribution < 1.29 is 14.6 Å². The Labute approximate surface area is 99.8 Å². The second-order valence-corrected chi connectivity index (χ2v) is 4.72. The SMILES string of the molecule is O=C1CC[C@]2(CO)CO[C@@H](c3ccccc3)N12. The molecule has 1 aromatic rings. The standard InChI is InChI=1S/C13H15NO3/c15-8-13-7-6-11(16)14(13)12(17-9-13)10-4-2-1-3-5-10/h1-5,12,15H,6-9H2/t12-,13-/m0/s1. The second kappa shape index (κ2) is 3.82. The summed E-state index contributed by atoms with van der Waals surface area (Å²) in [5.74, 6) is 0.0744. The average molecular weight is 233 g/mol. The van der Waals surface area contributed by atoms with Crippen LogP contribution in [-0.2, 0) is 9.53 Å². The van der Waals surface area contributed by atoms with Crippen LogP contribution in [0.2, 0.25) is 0 Å². The van der Waals surface area contributed by atoms with Crippen LogP contribution in [0.3, 0.4) is 0 Å². The van der Waals surface area contributed by atoms with E-state index in [1.807, 2.05) is 30.3 Å². The zero-order valence-corrected chi connectivity index (χ0v) is 9.50. The highest BCUT2D eigenvalue weighted by atomic mass is 16.5. The Hall–Kier alpha value is -1.39. The number of rotatable bonds is 2. The number of aliphatic hydroxyl groups excluding tert-OH is 1. The summed E-state index contributed by atoms with van der Waals surface area (Å²) in [4.78, 5) is 13.7. The zero-order chi connectivity index (χ0) is 11.9. The molecule has 2 atom stereocenters. The van der Waals surface area contributed by atoms with Crippen LogP contribution in [-0.4, -0.2) is 34.7 Å². The molecule has 2 heterocycles. The molecule has 1 amide bonds. The third-order valence-corrected chi connectivity index (χ3v) is 3.71. The molecular weight excluding hydrogens is 218 g/mol. The van der Waals surface area contributed by atoms with Gasteiger partial charge in [0.2, 0.25) is 5.91 Å². The molecule has 90 valence electrons. The molecule has 1 N–H and O–H groups in total. The molecule has 0 unspecified atom stereocenters. The van der Waals surface area contributed by atoms with Crippen LogP contribution in [0.1, 0.15) is 24.6 Å². The third-order valence-electron chi connectivity index (χ3n) is 3.71. The molecule has 2 saturated heterocycles. The van der Waals surface area contributed by atoms with E-state index in [4.69, 9.17) is 4.74 Å². The number of amides is 1. The Balaban J connectivity index is 1.96. The number of hydrogen-bond donors (Lipinski definition) is 1. The lowest BCUT2D eigenvalue weighted by molar-refractivity contribution is -0.136. The van der Waals surface area contributed by atoms with Crippen LogP contribution in [0, 0.1) is 0 Å². The summed E-state index contributed by atoms with van der Waals surface area (Å²) in [5, 5.41) is 9.54. The molecule has 1 aromatic carbocycles. The van der Waals surface area contributed by atoms with Gasteiger partial charge in [0.25, 0.3) is 0 Å². The highest BCUT2D eigenvalue weighted by Crippen LogP contribution is 2.44. The topological polar surface area (TPSA) is 49.8 Å². The van der Waals surface area contributed by atoms with Gasteiger partial charge in [-0.3, -0.25) is 4.79 Å². The first kappa shape index (κ1) is 10.7. The average Bonchev–Trinajstić information content (AvgIpc) is 2.90. The summed E-state index contributed by atoms with van der Waals surface area (Å²) >= 11 is 0. The molecule has 4 nitrogen and oxygen atoms in total. The van der Waals surface area contributed by atoms with Gasteiger partial charge in [-0.1, -0.05) is 30.3 Å². The molecule has 0 spiro atoms. The summed E-state index contributed by atoms with van der Waals surface area (Å²) in [6, 6.07) is 9.69. The van der Waals surface area contributed by atoms with Gasteiger partial charge in [0.1, 0.15) is 0 Å². The van der Waals surface area contributed by atoms with Crippen molar-refractivity contribution in [3.8, 4) is 0 Å². The van der Waals surface area contributed by atoms with Gasteiger partial charge in [0.05, 0.1) is 18.8 Å². The molecule has 17 heavy (non-hydrogen) atoms. The molecule has 2 aliphatic heterocycles. The summed E-state index contributed by atoms with van der Waals surface area (Å²) in [6.07, 6.45) is 0.859.